The molecule has 17 heavy (non-hydrogen) atoms. The minimum absolute atomic E-state index is 0.0901. The van der Waals surface area contributed by atoms with Crippen LogP contribution in [0.1, 0.15) is 10.4 Å². The Bertz CT molecular complexity index is 382. The third-order valence-corrected chi connectivity index (χ3v) is 3.06. The molecule has 1 aromatic rings. The Morgan fingerprint density at radius 1 is 1.41 bits per heavy atom. The molecule has 94 valence electrons. The highest BCUT2D eigenvalue weighted by atomic mass is 32.2. The first kappa shape index (κ1) is 14.0. The summed E-state index contributed by atoms with van der Waals surface area (Å²) in [5.74, 6) is 0.622. The van der Waals surface area contributed by atoms with Crippen molar-refractivity contribution in [3.8, 4) is 5.75 Å². The number of thioether (sulfide) groups is 1. The second kappa shape index (κ2) is 7.29. The summed E-state index contributed by atoms with van der Waals surface area (Å²) in [6, 6.07) is 4.24. The monoisotopic (exact) mass is 258 g/mol. The highest BCUT2D eigenvalue weighted by Gasteiger charge is 2.09. The topological polar surface area (TPSA) is 35.5 Å². The van der Waals surface area contributed by atoms with Crippen molar-refractivity contribution in [1.82, 2.24) is 0 Å². The minimum atomic E-state index is -0.514. The first-order valence-electron chi connectivity index (χ1n) is 5.12. The van der Waals surface area contributed by atoms with Crippen molar-refractivity contribution >= 4 is 17.5 Å². The Labute approximate surface area is 104 Å². The highest BCUT2D eigenvalue weighted by Crippen LogP contribution is 2.18. The summed E-state index contributed by atoms with van der Waals surface area (Å²) in [5, 5.41) is 0. The van der Waals surface area contributed by atoms with Gasteiger partial charge in [-0.15, -0.1) is 0 Å². The predicted octanol–water partition coefficient (Wildman–Crippen LogP) is 2.40. The molecule has 0 radical (unpaired) electrons. The zero-order valence-electron chi connectivity index (χ0n) is 9.86. The number of benzene rings is 1. The molecule has 0 aliphatic heterocycles. The van der Waals surface area contributed by atoms with Crippen molar-refractivity contribution in [2.45, 2.75) is 0 Å². The Morgan fingerprint density at radius 3 is 2.76 bits per heavy atom. The first-order valence-corrected chi connectivity index (χ1v) is 6.28. The maximum atomic E-state index is 13.3. The molecule has 0 bridgehead atoms. The van der Waals surface area contributed by atoms with E-state index in [4.69, 9.17) is 9.47 Å². The number of ketones is 1. The number of carbonyl (C=O) groups is 1. The molecule has 0 atom stereocenters. The fourth-order valence-corrected chi connectivity index (χ4v) is 2.01. The van der Waals surface area contributed by atoms with Crippen LogP contribution < -0.4 is 4.74 Å². The summed E-state index contributed by atoms with van der Waals surface area (Å²) in [5.41, 5.74) is 0.369. The number of Topliss-reactive ketones (excluding diaryl/α,β-unsaturated/α-hetero) is 1. The lowest BCUT2D eigenvalue weighted by molar-refractivity contribution is 0.102. The Balaban J connectivity index is 2.54. The van der Waals surface area contributed by atoms with Crippen molar-refractivity contribution in [3.63, 3.8) is 0 Å². The number of methoxy groups -OCH3 is 2. The van der Waals surface area contributed by atoms with Crippen molar-refractivity contribution in [2.24, 2.45) is 0 Å². The molecular formula is C12H15FO3S. The summed E-state index contributed by atoms with van der Waals surface area (Å²) in [6.07, 6.45) is 0. The van der Waals surface area contributed by atoms with Crippen LogP contribution in [0.3, 0.4) is 0 Å². The summed E-state index contributed by atoms with van der Waals surface area (Å²) in [4.78, 5) is 11.7. The molecule has 3 nitrogen and oxygen atoms in total. The van der Waals surface area contributed by atoms with E-state index in [1.54, 1.807) is 13.2 Å². The van der Waals surface area contributed by atoms with Gasteiger partial charge >= 0.3 is 0 Å². The van der Waals surface area contributed by atoms with E-state index in [0.717, 1.165) is 5.75 Å². The summed E-state index contributed by atoms with van der Waals surface area (Å²) >= 11 is 1.47. The molecule has 0 heterocycles. The van der Waals surface area contributed by atoms with Crippen LogP contribution >= 0.6 is 11.8 Å². The Hall–Kier alpha value is -1.07. The maximum Gasteiger partial charge on any atom is 0.172 e. The number of carbonyl (C=O) groups excluding carboxylic acids is 1. The second-order valence-corrected chi connectivity index (χ2v) is 4.42. The molecule has 5 heteroatoms. The van der Waals surface area contributed by atoms with Gasteiger partial charge in [-0.05, 0) is 18.2 Å². The highest BCUT2D eigenvalue weighted by molar-refractivity contribution is 8.00. The van der Waals surface area contributed by atoms with E-state index >= 15 is 0 Å². The van der Waals surface area contributed by atoms with Crippen LogP contribution in [0, 0.1) is 5.82 Å². The van der Waals surface area contributed by atoms with Crippen LogP contribution in [-0.4, -0.2) is 38.1 Å². The van der Waals surface area contributed by atoms with Crippen molar-refractivity contribution < 1.29 is 18.7 Å². The molecule has 0 saturated carbocycles. The molecule has 1 rings (SSSR count). The largest absolute Gasteiger partial charge is 0.494 e. The smallest absolute Gasteiger partial charge is 0.172 e. The van der Waals surface area contributed by atoms with Crippen LogP contribution in [0.2, 0.25) is 0 Å². The molecule has 1 aromatic carbocycles. The summed E-state index contributed by atoms with van der Waals surface area (Å²) in [7, 11) is 3.00. The third-order valence-electron chi connectivity index (χ3n) is 2.14. The summed E-state index contributed by atoms with van der Waals surface area (Å²) < 4.78 is 23.0. The van der Waals surface area contributed by atoms with E-state index in [2.05, 4.69) is 0 Å². The van der Waals surface area contributed by atoms with Crippen molar-refractivity contribution in [2.75, 3.05) is 32.3 Å². The Morgan fingerprint density at radius 2 is 2.18 bits per heavy atom. The van der Waals surface area contributed by atoms with E-state index in [1.807, 2.05) is 0 Å². The molecule has 0 amide bonds. The predicted molar refractivity (Wildman–Crippen MR) is 66.5 cm³/mol. The van der Waals surface area contributed by atoms with Gasteiger partial charge in [0.25, 0.3) is 0 Å². The van der Waals surface area contributed by atoms with E-state index in [1.165, 1.54) is 31.0 Å². The average Bonchev–Trinajstić information content (AvgIpc) is 2.34. The van der Waals surface area contributed by atoms with Gasteiger partial charge in [0, 0.05) is 18.4 Å². The first-order chi connectivity index (χ1) is 8.19. The van der Waals surface area contributed by atoms with Gasteiger partial charge in [-0.25, -0.2) is 4.39 Å². The van der Waals surface area contributed by atoms with E-state index < -0.39 is 5.82 Å². The van der Waals surface area contributed by atoms with Crippen LogP contribution in [0.25, 0.3) is 0 Å². The van der Waals surface area contributed by atoms with Gasteiger partial charge in [-0.1, -0.05) is 0 Å². The molecule has 0 aliphatic carbocycles. The van der Waals surface area contributed by atoms with E-state index in [-0.39, 0.29) is 11.5 Å². The number of ether oxygens (including phenoxy) is 2. The van der Waals surface area contributed by atoms with Gasteiger partial charge in [-0.2, -0.15) is 11.8 Å². The number of hydrogen-bond acceptors (Lipinski definition) is 4. The molecule has 0 saturated heterocycles. The number of hydrogen-bond donors (Lipinski definition) is 0. The fraction of sp³-hybridized carbons (Fsp3) is 0.417. The lowest BCUT2D eigenvalue weighted by Gasteiger charge is -2.04. The number of rotatable bonds is 7. The van der Waals surface area contributed by atoms with Gasteiger partial charge in [0.2, 0.25) is 0 Å². The van der Waals surface area contributed by atoms with Crippen LogP contribution in [-0.2, 0) is 4.74 Å². The fourth-order valence-electron chi connectivity index (χ4n) is 1.23. The molecule has 0 spiro atoms. The molecular weight excluding hydrogens is 243 g/mol. The van der Waals surface area contributed by atoms with Gasteiger partial charge in [0.15, 0.2) is 17.3 Å². The lowest BCUT2D eigenvalue weighted by atomic mass is 10.1. The summed E-state index contributed by atoms with van der Waals surface area (Å²) in [6.45, 7) is 0.606. The number of halogens is 1. The zero-order valence-corrected chi connectivity index (χ0v) is 10.7. The Kier molecular flexibility index (Phi) is 6.00. The van der Waals surface area contributed by atoms with Gasteiger partial charge in [0.1, 0.15) is 0 Å². The quantitative estimate of drug-likeness (QED) is 0.556. The van der Waals surface area contributed by atoms with Crippen molar-refractivity contribution in [1.29, 1.82) is 0 Å². The van der Waals surface area contributed by atoms with E-state index in [0.29, 0.717) is 17.9 Å². The van der Waals surface area contributed by atoms with Crippen LogP contribution in [0.15, 0.2) is 18.2 Å². The van der Waals surface area contributed by atoms with Gasteiger partial charge in [0.05, 0.1) is 19.5 Å². The van der Waals surface area contributed by atoms with Crippen LogP contribution in [0.5, 0.6) is 5.75 Å². The zero-order chi connectivity index (χ0) is 12.7. The second-order valence-electron chi connectivity index (χ2n) is 3.32. The minimum Gasteiger partial charge on any atom is -0.494 e. The maximum absolute atomic E-state index is 13.3. The molecule has 0 aromatic heterocycles. The van der Waals surface area contributed by atoms with Gasteiger partial charge in [-0.3, -0.25) is 4.79 Å². The van der Waals surface area contributed by atoms with Gasteiger partial charge < -0.3 is 9.47 Å². The molecule has 0 unspecified atom stereocenters. The molecule has 0 fully saturated rings. The SMILES string of the molecule is COCCSCC(=O)c1ccc(OC)c(F)c1. The van der Waals surface area contributed by atoms with Crippen molar-refractivity contribution in [3.05, 3.63) is 29.6 Å². The lowest BCUT2D eigenvalue weighted by Crippen LogP contribution is -2.05. The third kappa shape index (κ3) is 4.36. The molecule has 0 aliphatic rings. The standard InChI is InChI=1S/C12H15FO3S/c1-15-5-6-17-8-11(14)9-3-4-12(16-2)10(13)7-9/h3-4,7H,5-6,8H2,1-2H3. The van der Waals surface area contributed by atoms with E-state index in [9.17, 15) is 9.18 Å². The normalized spacial score (nSPS) is 10.3. The van der Waals surface area contributed by atoms with Crippen LogP contribution in [0.4, 0.5) is 4.39 Å². The average molecular weight is 258 g/mol. The molecule has 0 N–H and O–H groups in total.